The number of carboxylic acid groups (broad SMARTS) is 1. The van der Waals surface area contributed by atoms with Crippen LogP contribution in [0.5, 0.6) is 0 Å². The van der Waals surface area contributed by atoms with Gasteiger partial charge in [-0.3, -0.25) is 0 Å². The lowest BCUT2D eigenvalue weighted by molar-refractivity contribution is 0.0682. The Bertz CT molecular complexity index is 515. The summed E-state index contributed by atoms with van der Waals surface area (Å²) in [7, 11) is 0. The lowest BCUT2D eigenvalue weighted by atomic mass is 10.3. The van der Waals surface area contributed by atoms with Crippen LogP contribution in [0.25, 0.3) is 11.0 Å². The predicted molar refractivity (Wildman–Crippen MR) is 52.0 cm³/mol. The molecule has 0 aliphatic heterocycles. The Kier molecular flexibility index (Phi) is 2.12. The van der Waals surface area contributed by atoms with Gasteiger partial charge in [-0.2, -0.15) is 0 Å². The maximum Gasteiger partial charge on any atom is 0.375 e. The van der Waals surface area contributed by atoms with Gasteiger partial charge in [-0.15, -0.1) is 10.2 Å². The van der Waals surface area contributed by atoms with Crippen molar-refractivity contribution in [3.8, 4) is 0 Å². The SMILES string of the molecule is O=C(O)c1nnc2ccc(Br)cc2n1. The number of rotatable bonds is 1. The molecule has 14 heavy (non-hydrogen) atoms. The van der Waals surface area contributed by atoms with E-state index in [0.717, 1.165) is 4.47 Å². The molecule has 1 aromatic carbocycles. The van der Waals surface area contributed by atoms with Crippen LogP contribution in [0.1, 0.15) is 10.6 Å². The van der Waals surface area contributed by atoms with Gasteiger partial charge in [0.05, 0.1) is 5.52 Å². The highest BCUT2D eigenvalue weighted by molar-refractivity contribution is 9.10. The molecule has 2 rings (SSSR count). The molecule has 5 nitrogen and oxygen atoms in total. The molecule has 6 heteroatoms. The standard InChI is InChI=1S/C8H4BrN3O2/c9-4-1-2-5-6(3-4)10-7(8(13)14)12-11-5/h1-3H,(H,13,14). The van der Waals surface area contributed by atoms with Crippen molar-refractivity contribution < 1.29 is 9.90 Å². The van der Waals surface area contributed by atoms with Crippen LogP contribution in [0.4, 0.5) is 0 Å². The average Bonchev–Trinajstić information content (AvgIpc) is 2.16. The largest absolute Gasteiger partial charge is 0.475 e. The van der Waals surface area contributed by atoms with Crippen molar-refractivity contribution in [3.05, 3.63) is 28.5 Å². The number of benzene rings is 1. The van der Waals surface area contributed by atoms with Crippen molar-refractivity contribution in [2.45, 2.75) is 0 Å². The maximum atomic E-state index is 10.6. The third-order valence-electron chi connectivity index (χ3n) is 1.61. The number of carbonyl (C=O) groups is 1. The molecule has 0 saturated heterocycles. The van der Waals surface area contributed by atoms with E-state index >= 15 is 0 Å². The van der Waals surface area contributed by atoms with Crippen LogP contribution < -0.4 is 0 Å². The van der Waals surface area contributed by atoms with Crippen molar-refractivity contribution in [1.82, 2.24) is 15.2 Å². The minimum atomic E-state index is -1.18. The molecule has 0 radical (unpaired) electrons. The van der Waals surface area contributed by atoms with Gasteiger partial charge in [0.25, 0.3) is 5.82 Å². The second-order valence-electron chi connectivity index (χ2n) is 2.57. The highest BCUT2D eigenvalue weighted by Crippen LogP contribution is 2.15. The van der Waals surface area contributed by atoms with Crippen molar-refractivity contribution in [3.63, 3.8) is 0 Å². The number of halogens is 1. The van der Waals surface area contributed by atoms with Crippen LogP contribution in [0.3, 0.4) is 0 Å². The van der Waals surface area contributed by atoms with Gasteiger partial charge >= 0.3 is 5.97 Å². The summed E-state index contributed by atoms with van der Waals surface area (Å²) in [6, 6.07) is 5.20. The summed E-state index contributed by atoms with van der Waals surface area (Å²) in [5, 5.41) is 15.8. The molecule has 70 valence electrons. The molecule has 0 spiro atoms. The normalized spacial score (nSPS) is 10.4. The summed E-state index contributed by atoms with van der Waals surface area (Å²) in [6.45, 7) is 0. The zero-order valence-electron chi connectivity index (χ0n) is 6.81. The van der Waals surface area contributed by atoms with Gasteiger partial charge in [0, 0.05) is 4.47 Å². The van der Waals surface area contributed by atoms with E-state index in [4.69, 9.17) is 5.11 Å². The lowest BCUT2D eigenvalue weighted by Gasteiger charge is -1.96. The maximum absolute atomic E-state index is 10.6. The topological polar surface area (TPSA) is 76.0 Å². The van der Waals surface area contributed by atoms with Gasteiger partial charge in [0.2, 0.25) is 0 Å². The van der Waals surface area contributed by atoms with Crippen molar-refractivity contribution in [2.75, 3.05) is 0 Å². The Morgan fingerprint density at radius 2 is 2.07 bits per heavy atom. The predicted octanol–water partition coefficient (Wildman–Crippen LogP) is 1.49. The molecule has 0 fully saturated rings. The summed E-state index contributed by atoms with van der Waals surface area (Å²) >= 11 is 3.26. The van der Waals surface area contributed by atoms with Crippen LogP contribution >= 0.6 is 15.9 Å². The second-order valence-corrected chi connectivity index (χ2v) is 3.49. The second kappa shape index (κ2) is 3.30. The van der Waals surface area contributed by atoms with Crippen LogP contribution in [0.15, 0.2) is 22.7 Å². The van der Waals surface area contributed by atoms with E-state index in [1.807, 2.05) is 0 Å². The van der Waals surface area contributed by atoms with Gasteiger partial charge in [0.15, 0.2) is 0 Å². The fourth-order valence-electron chi connectivity index (χ4n) is 0.999. The Morgan fingerprint density at radius 3 is 2.79 bits per heavy atom. The third-order valence-corrected chi connectivity index (χ3v) is 2.10. The summed E-state index contributed by atoms with van der Waals surface area (Å²) in [4.78, 5) is 14.4. The first-order chi connectivity index (χ1) is 6.66. The Labute approximate surface area is 86.9 Å². The monoisotopic (exact) mass is 253 g/mol. The molecular formula is C8H4BrN3O2. The lowest BCUT2D eigenvalue weighted by Crippen LogP contribution is -2.05. The number of nitrogens with zero attached hydrogens (tertiary/aromatic N) is 3. The van der Waals surface area contributed by atoms with Gasteiger partial charge in [-0.25, -0.2) is 9.78 Å². The fraction of sp³-hybridized carbons (Fsp3) is 0. The summed E-state index contributed by atoms with van der Waals surface area (Å²) in [6.07, 6.45) is 0. The van der Waals surface area contributed by atoms with Crippen LogP contribution in [0.2, 0.25) is 0 Å². The van der Waals surface area contributed by atoms with E-state index in [1.54, 1.807) is 18.2 Å². The van der Waals surface area contributed by atoms with Crippen LogP contribution in [0, 0.1) is 0 Å². The van der Waals surface area contributed by atoms with Gasteiger partial charge in [0.1, 0.15) is 5.52 Å². The molecule has 0 aliphatic carbocycles. The Balaban J connectivity index is 2.69. The molecule has 0 unspecified atom stereocenters. The smallest absolute Gasteiger partial charge is 0.375 e. The number of aromatic nitrogens is 3. The summed E-state index contributed by atoms with van der Waals surface area (Å²) in [5.74, 6) is -1.48. The van der Waals surface area contributed by atoms with E-state index < -0.39 is 5.97 Å². The first kappa shape index (κ1) is 9.01. The molecule has 1 N–H and O–H groups in total. The Hall–Kier alpha value is -1.56. The molecule has 0 aliphatic rings. The number of aromatic carboxylic acids is 1. The molecular weight excluding hydrogens is 250 g/mol. The van der Waals surface area contributed by atoms with Gasteiger partial charge in [-0.05, 0) is 18.2 Å². The minimum absolute atomic E-state index is 0.296. The molecule has 2 aromatic rings. The minimum Gasteiger partial charge on any atom is -0.475 e. The van der Waals surface area contributed by atoms with E-state index in [9.17, 15) is 4.79 Å². The van der Waals surface area contributed by atoms with E-state index in [0.29, 0.717) is 11.0 Å². The zero-order chi connectivity index (χ0) is 10.1. The van der Waals surface area contributed by atoms with Crippen molar-refractivity contribution >= 4 is 32.9 Å². The van der Waals surface area contributed by atoms with Crippen molar-refractivity contribution in [1.29, 1.82) is 0 Å². The van der Waals surface area contributed by atoms with E-state index in [-0.39, 0.29) is 5.82 Å². The van der Waals surface area contributed by atoms with Gasteiger partial charge in [-0.1, -0.05) is 15.9 Å². The molecule has 0 saturated carbocycles. The summed E-state index contributed by atoms with van der Waals surface area (Å²) in [5.41, 5.74) is 1.07. The highest BCUT2D eigenvalue weighted by Gasteiger charge is 2.08. The Morgan fingerprint density at radius 1 is 1.29 bits per heavy atom. The molecule has 0 bridgehead atoms. The van der Waals surface area contributed by atoms with E-state index in [1.165, 1.54) is 0 Å². The average molecular weight is 254 g/mol. The van der Waals surface area contributed by atoms with Crippen LogP contribution in [-0.2, 0) is 0 Å². The number of carboxylic acids is 1. The van der Waals surface area contributed by atoms with E-state index in [2.05, 4.69) is 31.1 Å². The molecule has 1 heterocycles. The molecule has 0 amide bonds. The highest BCUT2D eigenvalue weighted by atomic mass is 79.9. The first-order valence-electron chi connectivity index (χ1n) is 3.70. The third kappa shape index (κ3) is 1.56. The molecule has 0 atom stereocenters. The summed E-state index contributed by atoms with van der Waals surface area (Å²) < 4.78 is 0.821. The number of hydrogen-bond donors (Lipinski definition) is 1. The van der Waals surface area contributed by atoms with Crippen LogP contribution in [-0.4, -0.2) is 26.3 Å². The van der Waals surface area contributed by atoms with Gasteiger partial charge < -0.3 is 5.11 Å². The van der Waals surface area contributed by atoms with Crippen molar-refractivity contribution in [2.24, 2.45) is 0 Å². The quantitative estimate of drug-likeness (QED) is 0.834. The number of fused-ring (bicyclic) bond motifs is 1. The fourth-order valence-corrected chi connectivity index (χ4v) is 1.35. The first-order valence-corrected chi connectivity index (χ1v) is 4.49. The molecule has 1 aromatic heterocycles. The zero-order valence-corrected chi connectivity index (χ0v) is 8.39. The number of hydrogen-bond acceptors (Lipinski definition) is 4.